The summed E-state index contributed by atoms with van der Waals surface area (Å²) < 4.78 is 43.0. The number of nitrogens with one attached hydrogen (secondary N) is 2. The van der Waals surface area contributed by atoms with Gasteiger partial charge in [0.15, 0.2) is 0 Å². The van der Waals surface area contributed by atoms with Gasteiger partial charge in [-0.3, -0.25) is 0 Å². The lowest BCUT2D eigenvalue weighted by Gasteiger charge is -2.13. The summed E-state index contributed by atoms with van der Waals surface area (Å²) in [7, 11) is -4.28. The van der Waals surface area contributed by atoms with E-state index < -0.39 is 26.4 Å². The van der Waals surface area contributed by atoms with E-state index in [1.54, 1.807) is 12.1 Å². The van der Waals surface area contributed by atoms with Crippen LogP contribution >= 0.6 is 22.6 Å². The summed E-state index contributed by atoms with van der Waals surface area (Å²) in [6.07, 6.45) is 0. The molecule has 0 saturated carbocycles. The number of primary sulfonamides is 1. The van der Waals surface area contributed by atoms with Crippen molar-refractivity contribution in [2.45, 2.75) is 4.90 Å². The fourth-order valence-corrected chi connectivity index (χ4v) is 3.17. The molecule has 3 aromatic rings. The van der Waals surface area contributed by atoms with E-state index in [2.05, 4.69) is 37.6 Å². The fraction of sp³-hybridized carbons (Fsp3) is 0. The molecule has 25 heavy (non-hydrogen) atoms. The molecule has 1 aromatic heterocycles. The Morgan fingerprint density at radius 2 is 1.84 bits per heavy atom. The highest BCUT2D eigenvalue weighted by Crippen LogP contribution is 2.33. The van der Waals surface area contributed by atoms with Crippen molar-refractivity contribution in [2.24, 2.45) is 5.14 Å². The van der Waals surface area contributed by atoms with E-state index in [1.807, 2.05) is 12.1 Å². The maximum Gasteiger partial charge on any atom is 0.357 e. The third-order valence-corrected chi connectivity index (χ3v) is 4.96. The number of rotatable bonds is 4. The molecule has 0 aliphatic rings. The molecule has 0 aliphatic heterocycles. The average Bonchev–Trinajstić information content (AvgIpc) is 2.95. The molecular weight excluding hydrogens is 464 g/mol. The lowest BCUT2D eigenvalue weighted by molar-refractivity contribution is 0.394. The van der Waals surface area contributed by atoms with Gasteiger partial charge in [-0.2, -0.15) is 0 Å². The fourth-order valence-electron chi connectivity index (χ4n) is 2.20. The van der Waals surface area contributed by atoms with Crippen molar-refractivity contribution in [1.29, 1.82) is 0 Å². The van der Waals surface area contributed by atoms with Crippen molar-refractivity contribution in [3.05, 3.63) is 62.3 Å². The quantitative estimate of drug-likeness (QED) is 0.502. The Kier molecular flexibility index (Phi) is 4.67. The zero-order chi connectivity index (χ0) is 18.2. The standard InChI is InChI=1S/C15H11FIN3O4S/c16-11-6-12(19-9-3-1-8(17)2-4-9)10(5-14(11)25(18,22)23)13-7-15(21)24-20-13/h1-7,19-20H,(H2,18,22,23). The predicted octanol–water partition coefficient (Wildman–Crippen LogP) is 2.77. The van der Waals surface area contributed by atoms with Crippen molar-refractivity contribution in [2.75, 3.05) is 5.32 Å². The highest BCUT2D eigenvalue weighted by Gasteiger charge is 2.20. The molecule has 0 unspecified atom stereocenters. The number of aromatic amines is 1. The molecule has 10 heteroatoms. The third-order valence-electron chi connectivity index (χ3n) is 3.32. The smallest absolute Gasteiger partial charge is 0.355 e. The zero-order valence-electron chi connectivity index (χ0n) is 12.4. The van der Waals surface area contributed by atoms with Crippen molar-refractivity contribution >= 4 is 44.0 Å². The molecule has 0 spiro atoms. The minimum Gasteiger partial charge on any atom is -0.355 e. The molecule has 4 N–H and O–H groups in total. The summed E-state index contributed by atoms with van der Waals surface area (Å²) >= 11 is 2.14. The molecule has 2 aromatic carbocycles. The van der Waals surface area contributed by atoms with Crippen LogP contribution in [0.3, 0.4) is 0 Å². The first-order valence-electron chi connectivity index (χ1n) is 6.82. The zero-order valence-corrected chi connectivity index (χ0v) is 15.4. The highest BCUT2D eigenvalue weighted by molar-refractivity contribution is 14.1. The van der Waals surface area contributed by atoms with Crippen LogP contribution in [0, 0.1) is 9.39 Å². The van der Waals surface area contributed by atoms with Crippen LogP contribution in [0.25, 0.3) is 11.3 Å². The summed E-state index contributed by atoms with van der Waals surface area (Å²) in [5.74, 6) is -1.01. The molecule has 1 heterocycles. The van der Waals surface area contributed by atoms with Crippen molar-refractivity contribution < 1.29 is 17.3 Å². The Morgan fingerprint density at radius 3 is 2.40 bits per heavy atom. The minimum absolute atomic E-state index is 0.183. The van der Waals surface area contributed by atoms with Gasteiger partial charge in [-0.15, -0.1) is 0 Å². The number of halogens is 2. The van der Waals surface area contributed by atoms with Crippen molar-refractivity contribution in [3.63, 3.8) is 0 Å². The van der Waals surface area contributed by atoms with E-state index in [1.165, 1.54) is 0 Å². The molecular formula is C15H11FIN3O4S. The molecule has 3 rings (SSSR count). The average molecular weight is 475 g/mol. The summed E-state index contributed by atoms with van der Waals surface area (Å²) in [5.41, 5.74) is 0.632. The normalized spacial score (nSPS) is 11.5. The largest absolute Gasteiger partial charge is 0.357 e. The van der Waals surface area contributed by atoms with Crippen LogP contribution in [-0.2, 0) is 10.0 Å². The lowest BCUT2D eigenvalue weighted by Crippen LogP contribution is -2.14. The minimum atomic E-state index is -4.28. The number of benzene rings is 2. The van der Waals surface area contributed by atoms with Gasteiger partial charge < -0.3 is 9.84 Å². The number of aromatic nitrogens is 1. The summed E-state index contributed by atoms with van der Waals surface area (Å²) in [6, 6.07) is 10.4. The molecule has 0 aliphatic carbocycles. The van der Waals surface area contributed by atoms with Gasteiger partial charge in [0.2, 0.25) is 10.0 Å². The Hall–Kier alpha value is -2.18. The maximum atomic E-state index is 14.2. The summed E-state index contributed by atoms with van der Waals surface area (Å²) in [4.78, 5) is 10.6. The predicted molar refractivity (Wildman–Crippen MR) is 98.5 cm³/mol. The SMILES string of the molecule is NS(=O)(=O)c1cc(-c2cc(=O)o[nH]2)c(Nc2ccc(I)cc2)cc1F. The second kappa shape index (κ2) is 6.61. The van der Waals surface area contributed by atoms with Gasteiger partial charge in [-0.05, 0) is 59.0 Å². The first kappa shape index (κ1) is 17.6. The summed E-state index contributed by atoms with van der Waals surface area (Å²) in [6.45, 7) is 0. The molecule has 0 bridgehead atoms. The molecule has 0 radical (unpaired) electrons. The highest BCUT2D eigenvalue weighted by atomic mass is 127. The van der Waals surface area contributed by atoms with Crippen LogP contribution in [0.1, 0.15) is 0 Å². The maximum absolute atomic E-state index is 14.2. The topological polar surface area (TPSA) is 118 Å². The number of nitrogens with two attached hydrogens (primary N) is 1. The Bertz CT molecular complexity index is 1090. The molecule has 0 saturated heterocycles. The first-order chi connectivity index (χ1) is 11.7. The molecule has 0 amide bonds. The van der Waals surface area contributed by atoms with Gasteiger partial charge in [0.1, 0.15) is 10.7 Å². The van der Waals surface area contributed by atoms with Crippen LogP contribution in [0.2, 0.25) is 0 Å². The van der Waals surface area contributed by atoms with Crippen LogP contribution in [-0.4, -0.2) is 13.6 Å². The Labute approximate surface area is 155 Å². The molecule has 7 nitrogen and oxygen atoms in total. The number of H-pyrrole nitrogens is 1. The second-order valence-electron chi connectivity index (χ2n) is 5.09. The Morgan fingerprint density at radius 1 is 1.16 bits per heavy atom. The van der Waals surface area contributed by atoms with Crippen LogP contribution in [0.4, 0.5) is 15.8 Å². The van der Waals surface area contributed by atoms with E-state index in [4.69, 9.17) is 5.14 Å². The number of hydrogen-bond acceptors (Lipinski definition) is 5. The Balaban J connectivity index is 2.17. The third kappa shape index (κ3) is 3.91. The van der Waals surface area contributed by atoms with E-state index in [0.717, 1.165) is 21.8 Å². The van der Waals surface area contributed by atoms with E-state index >= 15 is 0 Å². The van der Waals surface area contributed by atoms with Crippen LogP contribution < -0.4 is 16.1 Å². The van der Waals surface area contributed by atoms with Gasteiger partial charge in [0.05, 0.1) is 17.4 Å². The number of sulfonamides is 1. The number of anilines is 2. The van der Waals surface area contributed by atoms with Crippen LogP contribution in [0.5, 0.6) is 0 Å². The van der Waals surface area contributed by atoms with Crippen LogP contribution in [0.15, 0.2) is 56.7 Å². The first-order valence-corrected chi connectivity index (χ1v) is 9.44. The van der Waals surface area contributed by atoms with Crippen molar-refractivity contribution in [1.82, 2.24) is 5.16 Å². The summed E-state index contributed by atoms with van der Waals surface area (Å²) in [5, 5.41) is 10.4. The van der Waals surface area contributed by atoms with Gasteiger partial charge in [-0.1, -0.05) is 0 Å². The van der Waals surface area contributed by atoms with E-state index in [0.29, 0.717) is 5.69 Å². The molecule has 0 atom stereocenters. The van der Waals surface area contributed by atoms with Gasteiger partial charge in [0, 0.05) is 14.8 Å². The lowest BCUT2D eigenvalue weighted by atomic mass is 10.1. The second-order valence-corrected chi connectivity index (χ2v) is 7.86. The van der Waals surface area contributed by atoms with Gasteiger partial charge in [0.25, 0.3) is 0 Å². The van der Waals surface area contributed by atoms with E-state index in [9.17, 15) is 17.6 Å². The van der Waals surface area contributed by atoms with E-state index in [-0.39, 0.29) is 16.9 Å². The molecule has 0 fully saturated rings. The monoisotopic (exact) mass is 475 g/mol. The van der Waals surface area contributed by atoms with Gasteiger partial charge >= 0.3 is 5.63 Å². The van der Waals surface area contributed by atoms with Gasteiger partial charge in [-0.25, -0.2) is 27.9 Å². The molecule has 130 valence electrons. The number of hydrogen-bond donors (Lipinski definition) is 3. The van der Waals surface area contributed by atoms with Crippen molar-refractivity contribution in [3.8, 4) is 11.3 Å².